The Bertz CT molecular complexity index is 884. The molecular formula is C15H14ClN3O4S. The summed E-state index contributed by atoms with van der Waals surface area (Å²) < 4.78 is 27.2. The standard InChI is InChI=1S/C15H14ClN3O4S/c16-11-4-2-5-12(8-11)19-24(22,23)13-6-1-3-10(7-13)15(21)18-9-14(17)20/h1-8,19H,9H2,(H2,17,20)(H,18,21). The molecule has 2 aromatic rings. The van der Waals surface area contributed by atoms with Crippen LogP contribution in [0, 0.1) is 0 Å². The predicted molar refractivity (Wildman–Crippen MR) is 90.2 cm³/mol. The van der Waals surface area contributed by atoms with Crippen molar-refractivity contribution in [3.8, 4) is 0 Å². The first-order valence-corrected chi connectivity index (χ1v) is 8.59. The Morgan fingerprint density at radius 3 is 2.46 bits per heavy atom. The molecule has 2 amide bonds. The van der Waals surface area contributed by atoms with Crippen molar-refractivity contribution in [2.45, 2.75) is 4.90 Å². The molecule has 0 saturated heterocycles. The molecule has 0 fully saturated rings. The van der Waals surface area contributed by atoms with Gasteiger partial charge in [0, 0.05) is 10.6 Å². The van der Waals surface area contributed by atoms with Crippen LogP contribution in [0.25, 0.3) is 0 Å². The van der Waals surface area contributed by atoms with Crippen molar-refractivity contribution >= 4 is 39.1 Å². The van der Waals surface area contributed by atoms with Crippen LogP contribution in [-0.4, -0.2) is 26.8 Å². The summed E-state index contributed by atoms with van der Waals surface area (Å²) >= 11 is 5.82. The Hall–Kier alpha value is -2.58. The van der Waals surface area contributed by atoms with Crippen LogP contribution in [-0.2, 0) is 14.8 Å². The van der Waals surface area contributed by atoms with Gasteiger partial charge in [-0.1, -0.05) is 23.7 Å². The third-order valence-electron chi connectivity index (χ3n) is 2.91. The summed E-state index contributed by atoms with van der Waals surface area (Å²) in [5, 5.41) is 2.67. The van der Waals surface area contributed by atoms with E-state index in [-0.39, 0.29) is 17.0 Å². The summed E-state index contributed by atoms with van der Waals surface area (Å²) in [6.45, 7) is -0.337. The fraction of sp³-hybridized carbons (Fsp3) is 0.0667. The van der Waals surface area contributed by atoms with Gasteiger partial charge in [-0.25, -0.2) is 8.42 Å². The fourth-order valence-electron chi connectivity index (χ4n) is 1.84. The molecule has 0 atom stereocenters. The van der Waals surface area contributed by atoms with Crippen LogP contribution in [0.1, 0.15) is 10.4 Å². The minimum Gasteiger partial charge on any atom is -0.368 e. The van der Waals surface area contributed by atoms with Crippen LogP contribution in [0.4, 0.5) is 5.69 Å². The molecule has 0 aliphatic heterocycles. The highest BCUT2D eigenvalue weighted by Gasteiger charge is 2.17. The highest BCUT2D eigenvalue weighted by atomic mass is 35.5. The average Bonchev–Trinajstić information content (AvgIpc) is 2.52. The number of carbonyl (C=O) groups is 2. The van der Waals surface area contributed by atoms with Crippen molar-refractivity contribution in [3.63, 3.8) is 0 Å². The van der Waals surface area contributed by atoms with Gasteiger partial charge in [0.25, 0.3) is 15.9 Å². The fourth-order valence-corrected chi connectivity index (χ4v) is 3.13. The number of halogens is 1. The van der Waals surface area contributed by atoms with Crippen LogP contribution >= 0.6 is 11.6 Å². The largest absolute Gasteiger partial charge is 0.368 e. The molecular weight excluding hydrogens is 354 g/mol. The summed E-state index contributed by atoms with van der Waals surface area (Å²) in [7, 11) is -3.90. The van der Waals surface area contributed by atoms with Crippen LogP contribution in [0.2, 0.25) is 5.02 Å². The molecule has 9 heteroatoms. The van der Waals surface area contributed by atoms with Crippen LogP contribution in [0.15, 0.2) is 53.4 Å². The van der Waals surface area contributed by atoms with Gasteiger partial charge in [-0.2, -0.15) is 0 Å². The molecule has 24 heavy (non-hydrogen) atoms. The molecule has 126 valence electrons. The molecule has 0 heterocycles. The molecule has 2 aromatic carbocycles. The number of nitrogens with one attached hydrogen (secondary N) is 2. The smallest absolute Gasteiger partial charge is 0.261 e. The normalized spacial score (nSPS) is 10.9. The number of nitrogens with two attached hydrogens (primary N) is 1. The summed E-state index contributed by atoms with van der Waals surface area (Å²) in [4.78, 5) is 22.5. The van der Waals surface area contributed by atoms with Crippen molar-refractivity contribution in [3.05, 3.63) is 59.1 Å². The second kappa shape index (κ2) is 7.33. The summed E-state index contributed by atoms with van der Waals surface area (Å²) in [6, 6.07) is 11.6. The van der Waals surface area contributed by atoms with Gasteiger partial charge in [-0.3, -0.25) is 14.3 Å². The third kappa shape index (κ3) is 4.71. The zero-order valence-electron chi connectivity index (χ0n) is 12.3. The first-order chi connectivity index (χ1) is 11.3. The van der Waals surface area contributed by atoms with Gasteiger partial charge in [0.05, 0.1) is 17.1 Å². The van der Waals surface area contributed by atoms with Crippen molar-refractivity contribution in [1.82, 2.24) is 5.32 Å². The number of benzene rings is 2. The average molecular weight is 368 g/mol. The molecule has 2 rings (SSSR count). The molecule has 0 spiro atoms. The number of anilines is 1. The topological polar surface area (TPSA) is 118 Å². The minimum absolute atomic E-state index is 0.0882. The Labute approximate surface area is 143 Å². The van der Waals surface area contributed by atoms with E-state index in [1.54, 1.807) is 18.2 Å². The Balaban J connectivity index is 2.23. The number of primary amides is 1. The first kappa shape index (κ1) is 17.8. The molecule has 4 N–H and O–H groups in total. The molecule has 7 nitrogen and oxygen atoms in total. The zero-order chi connectivity index (χ0) is 17.7. The molecule has 0 aliphatic rings. The Morgan fingerprint density at radius 2 is 1.79 bits per heavy atom. The number of rotatable bonds is 6. The Morgan fingerprint density at radius 1 is 1.08 bits per heavy atom. The summed E-state index contributed by atoms with van der Waals surface area (Å²) in [5.41, 5.74) is 5.33. The molecule has 0 aromatic heterocycles. The van der Waals surface area contributed by atoms with Crippen molar-refractivity contribution in [1.29, 1.82) is 0 Å². The summed E-state index contributed by atoms with van der Waals surface area (Å²) in [6.07, 6.45) is 0. The molecule has 0 unspecified atom stereocenters. The lowest BCUT2D eigenvalue weighted by molar-refractivity contribution is -0.117. The van der Waals surface area contributed by atoms with E-state index < -0.39 is 21.8 Å². The van der Waals surface area contributed by atoms with Gasteiger partial charge >= 0.3 is 0 Å². The lowest BCUT2D eigenvalue weighted by Gasteiger charge is -2.10. The van der Waals surface area contributed by atoms with E-state index in [4.69, 9.17) is 17.3 Å². The number of hydrogen-bond donors (Lipinski definition) is 3. The van der Waals surface area contributed by atoms with E-state index in [1.165, 1.54) is 30.3 Å². The minimum atomic E-state index is -3.90. The van der Waals surface area contributed by atoms with E-state index in [1.807, 2.05) is 0 Å². The van der Waals surface area contributed by atoms with Crippen molar-refractivity contribution in [2.75, 3.05) is 11.3 Å². The summed E-state index contributed by atoms with van der Waals surface area (Å²) in [5.74, 6) is -1.30. The van der Waals surface area contributed by atoms with Crippen LogP contribution in [0.5, 0.6) is 0 Å². The third-order valence-corrected chi connectivity index (χ3v) is 4.52. The lowest BCUT2D eigenvalue weighted by atomic mass is 10.2. The van der Waals surface area contributed by atoms with E-state index in [9.17, 15) is 18.0 Å². The van der Waals surface area contributed by atoms with Crippen molar-refractivity contribution in [2.24, 2.45) is 5.73 Å². The number of sulfonamides is 1. The quantitative estimate of drug-likeness (QED) is 0.714. The van der Waals surface area contributed by atoms with Gasteiger partial charge in [-0.05, 0) is 36.4 Å². The highest BCUT2D eigenvalue weighted by Crippen LogP contribution is 2.20. The second-order valence-electron chi connectivity index (χ2n) is 4.79. The number of amides is 2. The second-order valence-corrected chi connectivity index (χ2v) is 6.91. The van der Waals surface area contributed by atoms with Gasteiger partial charge in [0.2, 0.25) is 5.91 Å². The molecule has 0 bridgehead atoms. The van der Waals surface area contributed by atoms with Crippen LogP contribution < -0.4 is 15.8 Å². The SMILES string of the molecule is NC(=O)CNC(=O)c1cccc(S(=O)(=O)Nc2cccc(Cl)c2)c1. The zero-order valence-corrected chi connectivity index (χ0v) is 13.9. The molecule has 0 aliphatic carbocycles. The molecule has 0 radical (unpaired) electrons. The van der Waals surface area contributed by atoms with Gasteiger partial charge in [0.15, 0.2) is 0 Å². The lowest BCUT2D eigenvalue weighted by Crippen LogP contribution is -2.33. The van der Waals surface area contributed by atoms with E-state index in [0.717, 1.165) is 0 Å². The van der Waals surface area contributed by atoms with E-state index >= 15 is 0 Å². The van der Waals surface area contributed by atoms with Crippen LogP contribution in [0.3, 0.4) is 0 Å². The van der Waals surface area contributed by atoms with Gasteiger partial charge in [-0.15, -0.1) is 0 Å². The first-order valence-electron chi connectivity index (χ1n) is 6.73. The predicted octanol–water partition coefficient (Wildman–Crippen LogP) is 1.36. The number of carbonyl (C=O) groups excluding carboxylic acids is 2. The van der Waals surface area contributed by atoms with E-state index in [2.05, 4.69) is 10.0 Å². The van der Waals surface area contributed by atoms with E-state index in [0.29, 0.717) is 10.7 Å². The Kier molecular flexibility index (Phi) is 5.42. The highest BCUT2D eigenvalue weighted by molar-refractivity contribution is 7.92. The maximum absolute atomic E-state index is 12.4. The maximum atomic E-state index is 12.4. The molecule has 0 saturated carbocycles. The van der Waals surface area contributed by atoms with Crippen molar-refractivity contribution < 1.29 is 18.0 Å². The monoisotopic (exact) mass is 367 g/mol. The van der Waals surface area contributed by atoms with Gasteiger partial charge < -0.3 is 11.1 Å². The maximum Gasteiger partial charge on any atom is 0.261 e. The van der Waals surface area contributed by atoms with Gasteiger partial charge in [0.1, 0.15) is 0 Å². The number of hydrogen-bond acceptors (Lipinski definition) is 4.